The topological polar surface area (TPSA) is 46.1 Å². The van der Waals surface area contributed by atoms with Crippen molar-refractivity contribution in [2.75, 3.05) is 13.1 Å². The van der Waals surface area contributed by atoms with Crippen LogP contribution in [0.2, 0.25) is 0 Å². The largest absolute Gasteiger partial charge is 0.337 e. The van der Waals surface area contributed by atoms with Gasteiger partial charge in [0.15, 0.2) is 0 Å². The fourth-order valence-electron chi connectivity index (χ4n) is 2.70. The van der Waals surface area contributed by atoms with E-state index >= 15 is 0 Å². The number of hydrogen-bond donors (Lipinski definition) is 0. The number of hydrogen-bond acceptors (Lipinski definition) is 3. The Morgan fingerprint density at radius 1 is 1.32 bits per heavy atom. The van der Waals surface area contributed by atoms with Gasteiger partial charge in [0.2, 0.25) is 0 Å². The summed E-state index contributed by atoms with van der Waals surface area (Å²) in [6, 6.07) is 7.66. The van der Waals surface area contributed by atoms with Gasteiger partial charge in [-0.2, -0.15) is 0 Å². The smallest absolute Gasteiger partial charge is 0.273 e. The van der Waals surface area contributed by atoms with Crippen LogP contribution in [0.25, 0.3) is 10.9 Å². The lowest BCUT2D eigenvalue weighted by molar-refractivity contribution is 0.0679. The van der Waals surface area contributed by atoms with Gasteiger partial charge in [0.25, 0.3) is 5.91 Å². The van der Waals surface area contributed by atoms with E-state index in [1.54, 1.807) is 0 Å². The van der Waals surface area contributed by atoms with Gasteiger partial charge in [-0.1, -0.05) is 25.1 Å². The summed E-state index contributed by atoms with van der Waals surface area (Å²) in [5, 5.41) is 0.841. The lowest BCUT2D eigenvalue weighted by Gasteiger charge is -2.30. The Bertz CT molecular complexity index is 606. The molecular weight excluding hydrogens is 238 g/mol. The van der Waals surface area contributed by atoms with Gasteiger partial charge in [0.05, 0.1) is 5.52 Å². The maximum absolute atomic E-state index is 12.6. The summed E-state index contributed by atoms with van der Waals surface area (Å²) in [5.74, 6) is 0.607. The number of carbonyl (C=O) groups is 1. The summed E-state index contributed by atoms with van der Waals surface area (Å²) in [4.78, 5) is 22.9. The van der Waals surface area contributed by atoms with Crippen molar-refractivity contribution in [3.8, 4) is 0 Å². The minimum absolute atomic E-state index is 0.0325. The molecule has 1 aromatic carbocycles. The van der Waals surface area contributed by atoms with E-state index in [-0.39, 0.29) is 5.91 Å². The summed E-state index contributed by atoms with van der Waals surface area (Å²) in [6.45, 7) is 3.86. The molecular formula is C15H17N3O. The van der Waals surface area contributed by atoms with Crippen molar-refractivity contribution >= 4 is 16.8 Å². The van der Waals surface area contributed by atoms with Crippen LogP contribution in [0.1, 0.15) is 30.3 Å². The molecule has 1 fully saturated rings. The fourth-order valence-corrected chi connectivity index (χ4v) is 2.70. The first-order chi connectivity index (χ1) is 9.25. The first-order valence-electron chi connectivity index (χ1n) is 6.74. The van der Waals surface area contributed by atoms with Gasteiger partial charge < -0.3 is 4.90 Å². The minimum atomic E-state index is 0.0325. The maximum atomic E-state index is 12.6. The number of aromatic nitrogens is 2. The number of rotatable bonds is 1. The van der Waals surface area contributed by atoms with Crippen LogP contribution in [0.3, 0.4) is 0 Å². The van der Waals surface area contributed by atoms with Gasteiger partial charge in [-0.15, -0.1) is 0 Å². The van der Waals surface area contributed by atoms with Gasteiger partial charge in [-0.3, -0.25) is 4.79 Å². The predicted octanol–water partition coefficient (Wildman–Crippen LogP) is 2.50. The van der Waals surface area contributed by atoms with Crippen molar-refractivity contribution in [2.45, 2.75) is 19.8 Å². The van der Waals surface area contributed by atoms with E-state index in [9.17, 15) is 4.79 Å². The normalized spacial score (nSPS) is 19.6. The molecule has 0 radical (unpaired) electrons. The van der Waals surface area contributed by atoms with E-state index in [1.807, 2.05) is 29.2 Å². The number of fused-ring (bicyclic) bond motifs is 1. The average Bonchev–Trinajstić information content (AvgIpc) is 2.46. The van der Waals surface area contributed by atoms with Crippen LogP contribution < -0.4 is 0 Å². The van der Waals surface area contributed by atoms with Crippen LogP contribution in [0, 0.1) is 5.92 Å². The highest BCUT2D eigenvalue weighted by Gasteiger charge is 2.24. The fraction of sp³-hybridized carbons (Fsp3) is 0.400. The van der Waals surface area contributed by atoms with Gasteiger partial charge in [-0.05, 0) is 24.8 Å². The molecule has 19 heavy (non-hydrogen) atoms. The highest BCUT2D eigenvalue weighted by Crippen LogP contribution is 2.20. The molecule has 98 valence electrons. The van der Waals surface area contributed by atoms with Crippen molar-refractivity contribution in [1.29, 1.82) is 0 Å². The zero-order chi connectivity index (χ0) is 13.2. The van der Waals surface area contributed by atoms with E-state index in [4.69, 9.17) is 0 Å². The van der Waals surface area contributed by atoms with Crippen LogP contribution in [0.5, 0.6) is 0 Å². The van der Waals surface area contributed by atoms with Crippen molar-refractivity contribution < 1.29 is 4.79 Å². The van der Waals surface area contributed by atoms with E-state index in [2.05, 4.69) is 16.9 Å². The van der Waals surface area contributed by atoms with Gasteiger partial charge in [0.1, 0.15) is 12.0 Å². The van der Waals surface area contributed by atoms with E-state index in [0.717, 1.165) is 30.4 Å². The van der Waals surface area contributed by atoms with Crippen molar-refractivity contribution in [1.82, 2.24) is 14.9 Å². The van der Waals surface area contributed by atoms with Crippen LogP contribution in [-0.4, -0.2) is 33.9 Å². The molecule has 1 unspecified atom stereocenters. The summed E-state index contributed by atoms with van der Waals surface area (Å²) >= 11 is 0. The van der Waals surface area contributed by atoms with Crippen LogP contribution >= 0.6 is 0 Å². The Morgan fingerprint density at radius 2 is 2.16 bits per heavy atom. The second-order valence-corrected chi connectivity index (χ2v) is 5.24. The highest BCUT2D eigenvalue weighted by molar-refractivity contribution is 6.04. The molecule has 0 bridgehead atoms. The Hall–Kier alpha value is -1.97. The standard InChI is InChI=1S/C15H17N3O/c1-11-5-4-8-18(9-11)15(19)14-12-6-2-3-7-13(12)16-10-17-14/h2-3,6-7,10-11H,4-5,8-9H2,1H3. The molecule has 0 saturated carbocycles. The second kappa shape index (κ2) is 4.96. The molecule has 2 aromatic rings. The van der Waals surface area contributed by atoms with Gasteiger partial charge >= 0.3 is 0 Å². The molecule has 2 heterocycles. The summed E-state index contributed by atoms with van der Waals surface area (Å²) < 4.78 is 0. The Balaban J connectivity index is 1.97. The zero-order valence-corrected chi connectivity index (χ0v) is 11.0. The third-order valence-electron chi connectivity index (χ3n) is 3.69. The predicted molar refractivity (Wildman–Crippen MR) is 73.8 cm³/mol. The van der Waals surface area contributed by atoms with Gasteiger partial charge in [0, 0.05) is 18.5 Å². The minimum Gasteiger partial charge on any atom is -0.337 e. The number of carbonyl (C=O) groups excluding carboxylic acids is 1. The first-order valence-corrected chi connectivity index (χ1v) is 6.74. The number of likely N-dealkylation sites (tertiary alicyclic amines) is 1. The van der Waals surface area contributed by atoms with Crippen molar-refractivity contribution in [3.05, 3.63) is 36.3 Å². The number of piperidine rings is 1. The number of para-hydroxylation sites is 1. The molecule has 0 aliphatic carbocycles. The Morgan fingerprint density at radius 3 is 3.00 bits per heavy atom. The molecule has 1 aromatic heterocycles. The molecule has 4 heteroatoms. The summed E-state index contributed by atoms with van der Waals surface area (Å²) in [7, 11) is 0. The third kappa shape index (κ3) is 2.30. The third-order valence-corrected chi connectivity index (χ3v) is 3.69. The molecule has 1 amide bonds. The molecule has 0 spiro atoms. The highest BCUT2D eigenvalue weighted by atomic mass is 16.2. The van der Waals surface area contributed by atoms with Gasteiger partial charge in [-0.25, -0.2) is 9.97 Å². The molecule has 1 aliphatic rings. The number of benzene rings is 1. The monoisotopic (exact) mass is 255 g/mol. The molecule has 1 aliphatic heterocycles. The lowest BCUT2D eigenvalue weighted by atomic mass is 10.00. The quantitative estimate of drug-likeness (QED) is 0.786. The van der Waals surface area contributed by atoms with E-state index in [0.29, 0.717) is 11.6 Å². The average molecular weight is 255 g/mol. The molecule has 1 atom stereocenters. The van der Waals surface area contributed by atoms with Crippen LogP contribution in [-0.2, 0) is 0 Å². The Kier molecular flexibility index (Phi) is 3.15. The van der Waals surface area contributed by atoms with Crippen molar-refractivity contribution in [3.63, 3.8) is 0 Å². The van der Waals surface area contributed by atoms with Crippen molar-refractivity contribution in [2.24, 2.45) is 5.92 Å². The van der Waals surface area contributed by atoms with Crippen LogP contribution in [0.4, 0.5) is 0 Å². The maximum Gasteiger partial charge on any atom is 0.273 e. The zero-order valence-electron chi connectivity index (χ0n) is 11.0. The number of amides is 1. The Labute approximate surface area is 112 Å². The molecule has 1 saturated heterocycles. The molecule has 4 nitrogen and oxygen atoms in total. The van der Waals surface area contributed by atoms with E-state index < -0.39 is 0 Å². The SMILES string of the molecule is CC1CCCN(C(=O)c2ncnc3ccccc23)C1. The second-order valence-electron chi connectivity index (χ2n) is 5.24. The molecule has 3 rings (SSSR count). The first kappa shape index (κ1) is 12.1. The van der Waals surface area contributed by atoms with E-state index in [1.165, 1.54) is 12.7 Å². The summed E-state index contributed by atoms with van der Waals surface area (Å²) in [5.41, 5.74) is 1.35. The van der Waals surface area contributed by atoms with Crippen LogP contribution in [0.15, 0.2) is 30.6 Å². The summed E-state index contributed by atoms with van der Waals surface area (Å²) in [6.07, 6.45) is 3.76. The number of nitrogens with zero attached hydrogens (tertiary/aromatic N) is 3. The molecule has 0 N–H and O–H groups in total. The lowest BCUT2D eigenvalue weighted by Crippen LogP contribution is -2.39.